The molecule has 2 aromatic carbocycles. The van der Waals surface area contributed by atoms with Crippen LogP contribution in [0.5, 0.6) is 0 Å². The number of hydrogen-bond acceptors (Lipinski definition) is 4. The first-order valence-electron chi connectivity index (χ1n) is 9.58. The molecule has 0 atom stereocenters. The highest BCUT2D eigenvalue weighted by molar-refractivity contribution is 7.88. The molecule has 1 aliphatic heterocycles. The maximum atomic E-state index is 12.7. The zero-order chi connectivity index (χ0) is 19.4. The molecule has 6 nitrogen and oxygen atoms in total. The zero-order valence-electron chi connectivity index (χ0n) is 15.7. The maximum absolute atomic E-state index is 12.7. The third kappa shape index (κ3) is 4.31. The number of hydrogen-bond donors (Lipinski definition) is 0. The van der Waals surface area contributed by atoms with E-state index in [1.807, 2.05) is 65.2 Å². The molecular formula is C21H24N4O2S. The highest BCUT2D eigenvalue weighted by atomic mass is 32.2. The van der Waals surface area contributed by atoms with Gasteiger partial charge in [-0.1, -0.05) is 48.5 Å². The molecule has 0 saturated carbocycles. The Bertz CT molecular complexity index is 995. The van der Waals surface area contributed by atoms with Gasteiger partial charge in [0.2, 0.25) is 10.0 Å². The first kappa shape index (κ1) is 18.8. The highest BCUT2D eigenvalue weighted by Gasteiger charge is 2.29. The predicted octanol–water partition coefficient (Wildman–Crippen LogP) is 3.05. The Morgan fingerprint density at radius 3 is 2.25 bits per heavy atom. The van der Waals surface area contributed by atoms with E-state index in [1.165, 1.54) is 0 Å². The van der Waals surface area contributed by atoms with Gasteiger partial charge in [0, 0.05) is 25.2 Å². The van der Waals surface area contributed by atoms with E-state index in [2.05, 4.69) is 10.2 Å². The van der Waals surface area contributed by atoms with Gasteiger partial charge in [-0.25, -0.2) is 12.7 Å². The van der Waals surface area contributed by atoms with Crippen LogP contribution in [-0.4, -0.2) is 40.6 Å². The summed E-state index contributed by atoms with van der Waals surface area (Å²) in [5, 5.41) is 8.36. The standard InChI is InChI=1S/C21H24N4O2S/c26-28(27,16-19-7-3-1-4-8-19)24-13-11-18(12-14-24)15-21-23-22-17-25(21)20-9-5-2-6-10-20/h1-10,17-18H,11-16H2. The maximum Gasteiger partial charge on any atom is 0.218 e. The van der Waals surface area contributed by atoms with Gasteiger partial charge in [0.15, 0.2) is 0 Å². The van der Waals surface area contributed by atoms with Gasteiger partial charge >= 0.3 is 0 Å². The lowest BCUT2D eigenvalue weighted by molar-refractivity contribution is 0.269. The van der Waals surface area contributed by atoms with Crippen LogP contribution in [-0.2, 0) is 22.2 Å². The van der Waals surface area contributed by atoms with Gasteiger partial charge in [-0.05, 0) is 36.5 Å². The fourth-order valence-corrected chi connectivity index (χ4v) is 5.29. The van der Waals surface area contributed by atoms with E-state index in [-0.39, 0.29) is 5.75 Å². The summed E-state index contributed by atoms with van der Waals surface area (Å²) in [4.78, 5) is 0. The minimum absolute atomic E-state index is 0.0703. The number of nitrogens with zero attached hydrogens (tertiary/aromatic N) is 4. The summed E-state index contributed by atoms with van der Waals surface area (Å²) in [5.74, 6) is 1.41. The lowest BCUT2D eigenvalue weighted by Crippen LogP contribution is -2.39. The van der Waals surface area contributed by atoms with Crippen LogP contribution < -0.4 is 0 Å². The Morgan fingerprint density at radius 1 is 0.929 bits per heavy atom. The molecule has 1 aliphatic rings. The molecular weight excluding hydrogens is 372 g/mol. The van der Waals surface area contributed by atoms with Crippen molar-refractivity contribution in [1.29, 1.82) is 0 Å². The normalized spacial score (nSPS) is 16.3. The molecule has 4 rings (SSSR count). The number of aromatic nitrogens is 3. The summed E-state index contributed by atoms with van der Waals surface area (Å²) in [5.41, 5.74) is 1.88. The van der Waals surface area contributed by atoms with Gasteiger partial charge < -0.3 is 0 Å². The molecule has 1 aromatic heterocycles. The number of sulfonamides is 1. The zero-order valence-corrected chi connectivity index (χ0v) is 16.5. The van der Waals surface area contributed by atoms with Crippen molar-refractivity contribution in [2.75, 3.05) is 13.1 Å². The third-order valence-corrected chi connectivity index (χ3v) is 7.13. The Kier molecular flexibility index (Phi) is 5.54. The van der Waals surface area contributed by atoms with Crippen LogP contribution in [0.2, 0.25) is 0 Å². The van der Waals surface area contributed by atoms with Crippen LogP contribution in [0.1, 0.15) is 24.2 Å². The van der Waals surface area contributed by atoms with Crippen LogP contribution in [0.3, 0.4) is 0 Å². The van der Waals surface area contributed by atoms with Crippen LogP contribution >= 0.6 is 0 Å². The molecule has 1 saturated heterocycles. The van der Waals surface area contributed by atoms with Crippen LogP contribution in [0, 0.1) is 5.92 Å². The molecule has 3 aromatic rings. The fourth-order valence-electron chi connectivity index (χ4n) is 3.73. The van der Waals surface area contributed by atoms with Gasteiger partial charge in [-0.3, -0.25) is 4.57 Å². The van der Waals surface area contributed by atoms with Crippen molar-refractivity contribution in [2.24, 2.45) is 5.92 Å². The van der Waals surface area contributed by atoms with E-state index in [4.69, 9.17) is 0 Å². The summed E-state index contributed by atoms with van der Waals surface area (Å²) < 4.78 is 29.1. The van der Waals surface area contributed by atoms with Crippen LogP contribution in [0.15, 0.2) is 67.0 Å². The van der Waals surface area contributed by atoms with Gasteiger partial charge in [0.25, 0.3) is 0 Å². The second kappa shape index (κ2) is 8.24. The molecule has 146 valence electrons. The van der Waals surface area contributed by atoms with E-state index in [1.54, 1.807) is 10.6 Å². The van der Waals surface area contributed by atoms with Crippen molar-refractivity contribution in [3.05, 3.63) is 78.4 Å². The van der Waals surface area contributed by atoms with Crippen molar-refractivity contribution < 1.29 is 8.42 Å². The first-order chi connectivity index (χ1) is 13.6. The molecule has 0 unspecified atom stereocenters. The summed E-state index contributed by atoms with van der Waals surface area (Å²) in [6.45, 7) is 1.14. The van der Waals surface area contributed by atoms with Gasteiger partial charge in [-0.15, -0.1) is 10.2 Å². The summed E-state index contributed by atoms with van der Waals surface area (Å²) in [7, 11) is -3.27. The lowest BCUT2D eigenvalue weighted by atomic mass is 9.94. The van der Waals surface area contributed by atoms with Crippen molar-refractivity contribution in [2.45, 2.75) is 25.0 Å². The van der Waals surface area contributed by atoms with E-state index >= 15 is 0 Å². The molecule has 0 spiro atoms. The molecule has 0 bridgehead atoms. The van der Waals surface area contributed by atoms with E-state index in [0.717, 1.165) is 36.3 Å². The van der Waals surface area contributed by atoms with Crippen molar-refractivity contribution >= 4 is 10.0 Å². The molecule has 28 heavy (non-hydrogen) atoms. The summed E-state index contributed by atoms with van der Waals surface area (Å²) in [6.07, 6.45) is 4.23. The van der Waals surface area contributed by atoms with Crippen molar-refractivity contribution in [3.63, 3.8) is 0 Å². The average Bonchev–Trinajstić information content (AvgIpc) is 3.18. The second-order valence-corrected chi connectivity index (χ2v) is 9.21. The van der Waals surface area contributed by atoms with E-state index in [0.29, 0.717) is 19.0 Å². The molecule has 0 aliphatic carbocycles. The summed E-state index contributed by atoms with van der Waals surface area (Å²) >= 11 is 0. The largest absolute Gasteiger partial charge is 0.286 e. The van der Waals surface area contributed by atoms with Crippen LogP contribution in [0.25, 0.3) is 5.69 Å². The molecule has 0 N–H and O–H groups in total. The Hall–Kier alpha value is -2.51. The average molecular weight is 397 g/mol. The van der Waals surface area contributed by atoms with Gasteiger partial charge in [0.05, 0.1) is 5.75 Å². The minimum Gasteiger partial charge on any atom is -0.286 e. The SMILES string of the molecule is O=S(=O)(Cc1ccccc1)N1CCC(Cc2nncn2-c2ccccc2)CC1. The fraction of sp³-hybridized carbons (Fsp3) is 0.333. The Labute approximate surface area is 165 Å². The quantitative estimate of drug-likeness (QED) is 0.642. The smallest absolute Gasteiger partial charge is 0.218 e. The number of piperidine rings is 1. The summed E-state index contributed by atoms with van der Waals surface area (Å²) in [6, 6.07) is 19.4. The predicted molar refractivity (Wildman–Crippen MR) is 108 cm³/mol. The number of para-hydroxylation sites is 1. The molecule has 7 heteroatoms. The molecule has 0 radical (unpaired) electrons. The third-order valence-electron chi connectivity index (χ3n) is 5.28. The van der Waals surface area contributed by atoms with Crippen molar-refractivity contribution in [3.8, 4) is 5.69 Å². The number of rotatable bonds is 6. The second-order valence-electron chi connectivity index (χ2n) is 7.24. The topological polar surface area (TPSA) is 68.1 Å². The minimum atomic E-state index is -3.27. The first-order valence-corrected chi connectivity index (χ1v) is 11.2. The monoisotopic (exact) mass is 396 g/mol. The van der Waals surface area contributed by atoms with Crippen LogP contribution in [0.4, 0.5) is 0 Å². The highest BCUT2D eigenvalue weighted by Crippen LogP contribution is 2.25. The number of benzene rings is 2. The molecule has 0 amide bonds. The molecule has 1 fully saturated rings. The lowest BCUT2D eigenvalue weighted by Gasteiger charge is -2.31. The Morgan fingerprint density at radius 2 is 1.57 bits per heavy atom. The van der Waals surface area contributed by atoms with Gasteiger partial charge in [0.1, 0.15) is 12.2 Å². The molecule has 2 heterocycles. The Balaban J connectivity index is 1.37. The van der Waals surface area contributed by atoms with Crippen molar-refractivity contribution in [1.82, 2.24) is 19.1 Å². The van der Waals surface area contributed by atoms with E-state index < -0.39 is 10.0 Å². The van der Waals surface area contributed by atoms with E-state index in [9.17, 15) is 8.42 Å². The van der Waals surface area contributed by atoms with Gasteiger partial charge in [-0.2, -0.15) is 0 Å².